The molecular weight excluding hydrogens is 274 g/mol. The van der Waals surface area contributed by atoms with Gasteiger partial charge in [-0.1, -0.05) is 36.8 Å². The molecule has 120 valence electrons. The van der Waals surface area contributed by atoms with Crippen molar-refractivity contribution in [1.82, 2.24) is 9.80 Å². The van der Waals surface area contributed by atoms with Crippen molar-refractivity contribution in [1.29, 1.82) is 0 Å². The third-order valence-corrected chi connectivity index (χ3v) is 5.15. The first-order valence-corrected chi connectivity index (χ1v) is 8.55. The van der Waals surface area contributed by atoms with Gasteiger partial charge in [-0.15, -0.1) is 0 Å². The highest BCUT2D eigenvalue weighted by atomic mass is 16.1. The quantitative estimate of drug-likeness (QED) is 0.925. The molecule has 2 heterocycles. The molecule has 22 heavy (non-hydrogen) atoms. The highest BCUT2D eigenvalue weighted by Gasteiger charge is 2.33. The summed E-state index contributed by atoms with van der Waals surface area (Å²) in [5.41, 5.74) is 6.99. The first-order chi connectivity index (χ1) is 10.7. The van der Waals surface area contributed by atoms with Crippen LogP contribution in [0.5, 0.6) is 0 Å². The van der Waals surface area contributed by atoms with E-state index in [-0.39, 0.29) is 11.9 Å². The lowest BCUT2D eigenvalue weighted by Gasteiger charge is -2.43. The Kier molecular flexibility index (Phi) is 5.11. The Labute approximate surface area is 133 Å². The van der Waals surface area contributed by atoms with Crippen molar-refractivity contribution in [3.05, 3.63) is 35.9 Å². The first kappa shape index (κ1) is 15.5. The van der Waals surface area contributed by atoms with E-state index in [2.05, 4.69) is 40.1 Å². The molecule has 0 aromatic heterocycles. The number of hydrogen-bond donors (Lipinski definition) is 1. The molecule has 0 saturated carbocycles. The van der Waals surface area contributed by atoms with E-state index >= 15 is 0 Å². The minimum absolute atomic E-state index is 0.0283. The number of amides is 1. The van der Waals surface area contributed by atoms with E-state index in [1.165, 1.54) is 12.0 Å². The SMILES string of the molecule is NC(=O)C1CCCCN1C1CCN(Cc2ccccc2)CC1. The number of hydrogen-bond acceptors (Lipinski definition) is 3. The van der Waals surface area contributed by atoms with Crippen LogP contribution in [-0.4, -0.2) is 47.4 Å². The van der Waals surface area contributed by atoms with Crippen LogP contribution in [0.3, 0.4) is 0 Å². The molecule has 1 amide bonds. The van der Waals surface area contributed by atoms with Crippen molar-refractivity contribution < 1.29 is 4.79 Å². The average molecular weight is 301 g/mol. The number of benzene rings is 1. The summed E-state index contributed by atoms with van der Waals surface area (Å²) in [6.07, 6.45) is 5.58. The van der Waals surface area contributed by atoms with Gasteiger partial charge in [-0.05, 0) is 50.9 Å². The van der Waals surface area contributed by atoms with Crippen LogP contribution in [0.15, 0.2) is 30.3 Å². The molecule has 0 radical (unpaired) electrons. The molecule has 0 bridgehead atoms. The van der Waals surface area contributed by atoms with Gasteiger partial charge in [0.15, 0.2) is 0 Å². The first-order valence-electron chi connectivity index (χ1n) is 8.55. The van der Waals surface area contributed by atoms with Gasteiger partial charge in [-0.25, -0.2) is 0 Å². The third kappa shape index (κ3) is 3.68. The van der Waals surface area contributed by atoms with Gasteiger partial charge in [0.05, 0.1) is 6.04 Å². The molecule has 4 nitrogen and oxygen atoms in total. The van der Waals surface area contributed by atoms with Gasteiger partial charge in [0.2, 0.25) is 5.91 Å². The molecule has 0 aliphatic carbocycles. The summed E-state index contributed by atoms with van der Waals surface area (Å²) in [6, 6.07) is 11.2. The monoisotopic (exact) mass is 301 g/mol. The zero-order chi connectivity index (χ0) is 15.4. The molecule has 1 unspecified atom stereocenters. The molecule has 2 saturated heterocycles. The van der Waals surface area contributed by atoms with Crippen LogP contribution in [0.1, 0.15) is 37.7 Å². The topological polar surface area (TPSA) is 49.6 Å². The van der Waals surface area contributed by atoms with E-state index in [0.717, 1.165) is 51.9 Å². The van der Waals surface area contributed by atoms with Crippen LogP contribution in [0.2, 0.25) is 0 Å². The summed E-state index contributed by atoms with van der Waals surface area (Å²) in [4.78, 5) is 16.6. The van der Waals surface area contributed by atoms with Gasteiger partial charge in [0, 0.05) is 12.6 Å². The summed E-state index contributed by atoms with van der Waals surface area (Å²) in [5.74, 6) is -0.133. The van der Waals surface area contributed by atoms with Crippen molar-refractivity contribution in [2.75, 3.05) is 19.6 Å². The number of rotatable bonds is 4. The molecule has 1 aromatic carbocycles. The van der Waals surface area contributed by atoms with Crippen molar-refractivity contribution in [2.24, 2.45) is 5.73 Å². The molecule has 3 rings (SSSR count). The van der Waals surface area contributed by atoms with Crippen LogP contribution < -0.4 is 5.73 Å². The zero-order valence-electron chi connectivity index (χ0n) is 13.3. The van der Waals surface area contributed by atoms with Crippen molar-refractivity contribution in [3.63, 3.8) is 0 Å². The number of primary amides is 1. The van der Waals surface area contributed by atoms with Crippen molar-refractivity contribution in [2.45, 2.75) is 50.7 Å². The van der Waals surface area contributed by atoms with E-state index in [1.807, 2.05) is 0 Å². The number of piperidine rings is 2. The number of nitrogens with zero attached hydrogens (tertiary/aromatic N) is 2. The Hall–Kier alpha value is -1.39. The van der Waals surface area contributed by atoms with Gasteiger partial charge in [0.25, 0.3) is 0 Å². The summed E-state index contributed by atoms with van der Waals surface area (Å²) in [7, 11) is 0. The minimum Gasteiger partial charge on any atom is -0.368 e. The normalized spacial score (nSPS) is 25.2. The lowest BCUT2D eigenvalue weighted by Crippen LogP contribution is -2.55. The summed E-state index contributed by atoms with van der Waals surface area (Å²) < 4.78 is 0. The van der Waals surface area contributed by atoms with Crippen LogP contribution in [0.4, 0.5) is 0 Å². The molecular formula is C18H27N3O. The second-order valence-electron chi connectivity index (χ2n) is 6.64. The summed E-state index contributed by atoms with van der Waals surface area (Å²) >= 11 is 0. The highest BCUT2D eigenvalue weighted by molar-refractivity contribution is 5.80. The summed E-state index contributed by atoms with van der Waals surface area (Å²) in [5, 5.41) is 0. The van der Waals surface area contributed by atoms with Gasteiger partial charge < -0.3 is 5.73 Å². The Morgan fingerprint density at radius 3 is 2.45 bits per heavy atom. The lowest BCUT2D eigenvalue weighted by atomic mass is 9.94. The molecule has 1 aromatic rings. The van der Waals surface area contributed by atoms with E-state index in [4.69, 9.17) is 5.73 Å². The van der Waals surface area contributed by atoms with Gasteiger partial charge in [-0.3, -0.25) is 14.6 Å². The highest BCUT2D eigenvalue weighted by Crippen LogP contribution is 2.25. The third-order valence-electron chi connectivity index (χ3n) is 5.15. The Morgan fingerprint density at radius 1 is 1.05 bits per heavy atom. The average Bonchev–Trinajstić information content (AvgIpc) is 2.56. The van der Waals surface area contributed by atoms with E-state index < -0.39 is 0 Å². The van der Waals surface area contributed by atoms with Gasteiger partial charge in [-0.2, -0.15) is 0 Å². The van der Waals surface area contributed by atoms with Crippen LogP contribution in [0.25, 0.3) is 0 Å². The lowest BCUT2D eigenvalue weighted by molar-refractivity contribution is -0.126. The number of carbonyl (C=O) groups excluding carboxylic acids is 1. The van der Waals surface area contributed by atoms with Crippen molar-refractivity contribution in [3.8, 4) is 0 Å². The Bertz CT molecular complexity index is 482. The van der Waals surface area contributed by atoms with Gasteiger partial charge >= 0.3 is 0 Å². The van der Waals surface area contributed by atoms with Gasteiger partial charge in [0.1, 0.15) is 0 Å². The van der Waals surface area contributed by atoms with Crippen LogP contribution in [-0.2, 0) is 11.3 Å². The standard InChI is InChI=1S/C18H27N3O/c19-18(22)17-8-4-5-11-21(17)16-9-12-20(13-10-16)14-15-6-2-1-3-7-15/h1-3,6-7,16-17H,4-5,8-14H2,(H2,19,22). The Balaban J connectivity index is 1.53. The van der Waals surface area contributed by atoms with E-state index in [1.54, 1.807) is 0 Å². The predicted octanol–water partition coefficient (Wildman–Crippen LogP) is 1.99. The minimum atomic E-state index is -0.133. The molecule has 2 aliphatic heterocycles. The molecule has 2 fully saturated rings. The summed E-state index contributed by atoms with van der Waals surface area (Å²) in [6.45, 7) is 4.30. The Morgan fingerprint density at radius 2 is 1.77 bits per heavy atom. The zero-order valence-corrected chi connectivity index (χ0v) is 13.3. The van der Waals surface area contributed by atoms with E-state index in [0.29, 0.717) is 6.04 Å². The largest absolute Gasteiger partial charge is 0.368 e. The van der Waals surface area contributed by atoms with Crippen LogP contribution in [0, 0.1) is 0 Å². The second kappa shape index (κ2) is 7.25. The van der Waals surface area contributed by atoms with Crippen LogP contribution >= 0.6 is 0 Å². The molecule has 2 N–H and O–H groups in total. The second-order valence-corrected chi connectivity index (χ2v) is 6.64. The fraction of sp³-hybridized carbons (Fsp3) is 0.611. The maximum Gasteiger partial charge on any atom is 0.234 e. The van der Waals surface area contributed by atoms with E-state index in [9.17, 15) is 4.79 Å². The number of nitrogens with two attached hydrogens (primary N) is 1. The molecule has 2 aliphatic rings. The molecule has 1 atom stereocenters. The number of likely N-dealkylation sites (tertiary alicyclic amines) is 2. The molecule has 4 heteroatoms. The maximum absolute atomic E-state index is 11.7. The smallest absolute Gasteiger partial charge is 0.234 e. The maximum atomic E-state index is 11.7. The fourth-order valence-electron chi connectivity index (χ4n) is 3.95. The molecule has 0 spiro atoms. The van der Waals surface area contributed by atoms with Crippen molar-refractivity contribution >= 4 is 5.91 Å². The number of carbonyl (C=O) groups is 1. The predicted molar refractivity (Wildman–Crippen MR) is 88.3 cm³/mol. The fourth-order valence-corrected chi connectivity index (χ4v) is 3.95.